The first-order valence-electron chi connectivity index (χ1n) is 8.46. The molecule has 0 saturated heterocycles. The summed E-state index contributed by atoms with van der Waals surface area (Å²) >= 11 is 0. The quantitative estimate of drug-likeness (QED) is 0.382. The lowest BCUT2D eigenvalue weighted by Gasteiger charge is -2.16. The van der Waals surface area contributed by atoms with E-state index in [1.54, 1.807) is 24.7 Å². The molecule has 0 atom stereocenters. The normalized spacial score (nSPS) is 15.4. The van der Waals surface area contributed by atoms with Crippen molar-refractivity contribution in [1.29, 1.82) is 0 Å². The van der Waals surface area contributed by atoms with Gasteiger partial charge >= 0.3 is 0 Å². The minimum absolute atomic E-state index is 0. The van der Waals surface area contributed by atoms with Crippen LogP contribution in [0.5, 0.6) is 0 Å². The third-order valence-electron chi connectivity index (χ3n) is 4.40. The number of guanidine groups is 1. The summed E-state index contributed by atoms with van der Waals surface area (Å²) in [5.41, 5.74) is 1.06. The van der Waals surface area contributed by atoms with Gasteiger partial charge in [0, 0.05) is 37.4 Å². The van der Waals surface area contributed by atoms with Gasteiger partial charge < -0.3 is 15.2 Å². The summed E-state index contributed by atoms with van der Waals surface area (Å²) in [7, 11) is 0. The number of imidazole rings is 1. The zero-order chi connectivity index (χ0) is 16.8. The van der Waals surface area contributed by atoms with Crippen LogP contribution in [0.15, 0.2) is 48.0 Å². The molecule has 0 unspecified atom stereocenters. The van der Waals surface area contributed by atoms with E-state index in [1.165, 1.54) is 6.07 Å². The second-order valence-corrected chi connectivity index (χ2v) is 6.21. The lowest BCUT2D eigenvalue weighted by molar-refractivity contribution is 0.615. The maximum atomic E-state index is 13.5. The van der Waals surface area contributed by atoms with E-state index in [9.17, 15) is 4.39 Å². The van der Waals surface area contributed by atoms with Crippen molar-refractivity contribution >= 4 is 29.9 Å². The summed E-state index contributed by atoms with van der Waals surface area (Å²) in [6.45, 7) is 5.14. The Hall–Kier alpha value is -1.64. The highest BCUT2D eigenvalue weighted by Gasteiger charge is 2.44. The summed E-state index contributed by atoms with van der Waals surface area (Å²) in [5.74, 6) is 0.633. The maximum Gasteiger partial charge on any atom is 0.191 e. The fourth-order valence-corrected chi connectivity index (χ4v) is 2.80. The second kappa shape index (κ2) is 9.17. The van der Waals surface area contributed by atoms with Crippen LogP contribution in [0.2, 0.25) is 0 Å². The van der Waals surface area contributed by atoms with Gasteiger partial charge in [0.1, 0.15) is 5.82 Å². The third kappa shape index (κ3) is 5.42. The van der Waals surface area contributed by atoms with Crippen LogP contribution >= 0.6 is 24.0 Å². The number of hydrogen-bond donors (Lipinski definition) is 2. The smallest absolute Gasteiger partial charge is 0.191 e. The first-order valence-corrected chi connectivity index (χ1v) is 8.46. The Morgan fingerprint density at radius 3 is 2.84 bits per heavy atom. The van der Waals surface area contributed by atoms with Crippen molar-refractivity contribution in [2.24, 2.45) is 4.99 Å². The number of hydrogen-bond acceptors (Lipinski definition) is 2. The van der Waals surface area contributed by atoms with E-state index < -0.39 is 0 Å². The molecule has 1 aromatic carbocycles. The Morgan fingerprint density at radius 2 is 2.20 bits per heavy atom. The first kappa shape index (κ1) is 19.7. The van der Waals surface area contributed by atoms with Crippen molar-refractivity contribution in [3.05, 3.63) is 54.4 Å². The minimum Gasteiger partial charge on any atom is -0.357 e. The average Bonchev–Trinajstić information content (AvgIpc) is 3.20. The first-order chi connectivity index (χ1) is 11.7. The van der Waals surface area contributed by atoms with Crippen LogP contribution in [0, 0.1) is 5.82 Å². The van der Waals surface area contributed by atoms with E-state index >= 15 is 0 Å². The lowest BCUT2D eigenvalue weighted by Crippen LogP contribution is -2.39. The number of rotatable bonds is 7. The van der Waals surface area contributed by atoms with Crippen LogP contribution in [0.3, 0.4) is 0 Å². The number of nitrogens with one attached hydrogen (secondary N) is 2. The Labute approximate surface area is 165 Å². The Bertz CT molecular complexity index is 683. The molecule has 7 heteroatoms. The number of nitrogens with zero attached hydrogens (tertiary/aromatic N) is 3. The highest BCUT2D eigenvalue weighted by atomic mass is 127. The molecular weight excluding hydrogens is 432 g/mol. The Kier molecular flexibility index (Phi) is 7.22. The van der Waals surface area contributed by atoms with Crippen LogP contribution < -0.4 is 10.6 Å². The van der Waals surface area contributed by atoms with Crippen molar-refractivity contribution in [3.63, 3.8) is 0 Å². The maximum absolute atomic E-state index is 13.5. The van der Waals surface area contributed by atoms with Gasteiger partial charge in [-0.3, -0.25) is 4.99 Å². The summed E-state index contributed by atoms with van der Waals surface area (Å²) in [5, 5.41) is 6.60. The van der Waals surface area contributed by atoms with Crippen LogP contribution in [0.4, 0.5) is 4.39 Å². The van der Waals surface area contributed by atoms with Gasteiger partial charge in [0.25, 0.3) is 0 Å². The van der Waals surface area contributed by atoms with Crippen LogP contribution in [-0.2, 0) is 12.0 Å². The molecule has 2 N–H and O–H groups in total. The van der Waals surface area contributed by atoms with Crippen LogP contribution in [0.25, 0.3) is 0 Å². The van der Waals surface area contributed by atoms with E-state index in [0.29, 0.717) is 6.54 Å². The van der Waals surface area contributed by atoms with Crippen LogP contribution in [0.1, 0.15) is 25.3 Å². The molecule has 1 fully saturated rings. The van der Waals surface area contributed by atoms with Crippen LogP contribution in [-0.4, -0.2) is 35.1 Å². The van der Waals surface area contributed by atoms with Gasteiger partial charge in [-0.15, -0.1) is 24.0 Å². The molecular formula is C18H25FIN5. The molecule has 1 aliphatic carbocycles. The van der Waals surface area contributed by atoms with E-state index in [-0.39, 0.29) is 35.2 Å². The molecule has 0 amide bonds. The lowest BCUT2D eigenvalue weighted by atomic mass is 9.96. The van der Waals surface area contributed by atoms with Crippen molar-refractivity contribution < 1.29 is 4.39 Å². The molecule has 1 aromatic heterocycles. The predicted octanol–water partition coefficient (Wildman–Crippen LogP) is 2.93. The topological polar surface area (TPSA) is 54.2 Å². The van der Waals surface area contributed by atoms with Gasteiger partial charge in [-0.2, -0.15) is 0 Å². The number of halogens is 2. The van der Waals surface area contributed by atoms with Crippen molar-refractivity contribution in [2.45, 2.75) is 31.7 Å². The molecule has 5 nitrogen and oxygen atoms in total. The number of benzene rings is 1. The standard InChI is InChI=1S/C18H24FN5.HI/c1-2-21-17(22-9-11-24-10-8-20-14-24)23-13-18(6-7-18)15-4-3-5-16(19)12-15;/h3-5,8,10,12,14H,2,6-7,9,11,13H2,1H3,(H2,21,22,23);1H. The molecule has 25 heavy (non-hydrogen) atoms. The summed E-state index contributed by atoms with van der Waals surface area (Å²) in [6, 6.07) is 6.92. The summed E-state index contributed by atoms with van der Waals surface area (Å²) < 4.78 is 15.5. The summed E-state index contributed by atoms with van der Waals surface area (Å²) in [4.78, 5) is 8.75. The monoisotopic (exact) mass is 457 g/mol. The molecule has 2 aromatic rings. The molecule has 0 spiro atoms. The van der Waals surface area contributed by atoms with Gasteiger partial charge in [0.05, 0.1) is 12.9 Å². The van der Waals surface area contributed by atoms with Crippen molar-refractivity contribution in [3.8, 4) is 0 Å². The molecule has 1 heterocycles. The number of aromatic nitrogens is 2. The Balaban J connectivity index is 0.00000225. The zero-order valence-corrected chi connectivity index (χ0v) is 16.7. The zero-order valence-electron chi connectivity index (χ0n) is 14.4. The SMILES string of the molecule is CCNC(=NCC1(c2cccc(F)c2)CC1)NCCn1ccnc1.I. The van der Waals surface area contributed by atoms with Crippen molar-refractivity contribution in [2.75, 3.05) is 19.6 Å². The fraction of sp³-hybridized carbons (Fsp3) is 0.444. The van der Waals surface area contributed by atoms with E-state index in [2.05, 4.69) is 15.6 Å². The second-order valence-electron chi connectivity index (χ2n) is 6.21. The van der Waals surface area contributed by atoms with E-state index in [1.807, 2.05) is 23.8 Å². The summed E-state index contributed by atoms with van der Waals surface area (Å²) in [6.07, 6.45) is 7.64. The molecule has 0 bridgehead atoms. The third-order valence-corrected chi connectivity index (χ3v) is 4.40. The molecule has 3 rings (SSSR count). The predicted molar refractivity (Wildman–Crippen MR) is 109 cm³/mol. The van der Waals surface area contributed by atoms with E-state index in [4.69, 9.17) is 4.99 Å². The number of aliphatic imine (C=N–C) groups is 1. The minimum atomic E-state index is -0.173. The fourth-order valence-electron chi connectivity index (χ4n) is 2.80. The molecule has 1 aliphatic rings. The van der Waals surface area contributed by atoms with E-state index in [0.717, 1.165) is 44.0 Å². The molecule has 0 radical (unpaired) electrons. The van der Waals surface area contributed by atoms with Gasteiger partial charge in [-0.05, 0) is 37.5 Å². The molecule has 0 aliphatic heterocycles. The molecule has 1 saturated carbocycles. The largest absolute Gasteiger partial charge is 0.357 e. The highest BCUT2D eigenvalue weighted by molar-refractivity contribution is 14.0. The Morgan fingerprint density at radius 1 is 1.36 bits per heavy atom. The van der Waals surface area contributed by atoms with Gasteiger partial charge in [-0.1, -0.05) is 12.1 Å². The van der Waals surface area contributed by atoms with Gasteiger partial charge in [0.2, 0.25) is 0 Å². The molecule has 136 valence electrons. The van der Waals surface area contributed by atoms with Gasteiger partial charge in [-0.25, -0.2) is 9.37 Å². The average molecular weight is 457 g/mol. The van der Waals surface area contributed by atoms with Crippen molar-refractivity contribution in [1.82, 2.24) is 20.2 Å². The highest BCUT2D eigenvalue weighted by Crippen LogP contribution is 2.48. The van der Waals surface area contributed by atoms with Gasteiger partial charge in [0.15, 0.2) is 5.96 Å².